The van der Waals surface area contributed by atoms with Crippen molar-refractivity contribution >= 4 is 0 Å². The maximum Gasteiger partial charge on any atom is -0.0316 e. The van der Waals surface area contributed by atoms with Crippen LogP contribution in [-0.4, -0.2) is 0 Å². The molecule has 0 unspecified atom stereocenters. The molecule has 0 aromatic heterocycles. The Morgan fingerprint density at radius 1 is 0.444 bits per heavy atom. The summed E-state index contributed by atoms with van der Waals surface area (Å²) in [6.07, 6.45) is 25.5. The molecule has 0 bridgehead atoms. The number of unbranched alkanes of at least 4 members (excludes halogenated alkanes) is 9. The molecule has 0 amide bonds. The first-order chi connectivity index (χ1) is 8.91. The Balaban J connectivity index is 3.09. The van der Waals surface area contributed by atoms with E-state index in [2.05, 4.69) is 38.2 Å². The smallest absolute Gasteiger partial charge is 0.0316 e. The summed E-state index contributed by atoms with van der Waals surface area (Å²) in [4.78, 5) is 0. The lowest BCUT2D eigenvalue weighted by atomic mass is 10.1. The van der Waals surface area contributed by atoms with Crippen molar-refractivity contribution in [3.05, 3.63) is 24.3 Å². The van der Waals surface area contributed by atoms with Gasteiger partial charge in [-0.3, -0.25) is 0 Å². The van der Waals surface area contributed by atoms with Crippen molar-refractivity contribution in [3.63, 3.8) is 0 Å². The van der Waals surface area contributed by atoms with Gasteiger partial charge in [-0.25, -0.2) is 0 Å². The molecular weight excluding hydrogens is 216 g/mol. The van der Waals surface area contributed by atoms with Crippen molar-refractivity contribution < 1.29 is 0 Å². The second kappa shape index (κ2) is 16.5. The lowest BCUT2D eigenvalue weighted by Gasteiger charge is -1.98. The van der Waals surface area contributed by atoms with Crippen LogP contribution >= 0.6 is 0 Å². The summed E-state index contributed by atoms with van der Waals surface area (Å²) >= 11 is 0. The van der Waals surface area contributed by atoms with Gasteiger partial charge >= 0.3 is 0 Å². The van der Waals surface area contributed by atoms with Crippen LogP contribution in [0.1, 0.15) is 90.9 Å². The van der Waals surface area contributed by atoms with Gasteiger partial charge in [0.2, 0.25) is 0 Å². The molecule has 0 rings (SSSR count). The Labute approximate surface area is 116 Å². The van der Waals surface area contributed by atoms with Crippen LogP contribution in [0.15, 0.2) is 24.3 Å². The maximum absolute atomic E-state index is 2.37. The van der Waals surface area contributed by atoms with Gasteiger partial charge in [-0.1, -0.05) is 83.1 Å². The molecule has 0 aromatic carbocycles. The number of rotatable bonds is 13. The largest absolute Gasteiger partial charge is 0.0885 e. The molecular formula is C18H34. The third-order valence-corrected chi connectivity index (χ3v) is 3.26. The van der Waals surface area contributed by atoms with Crippen molar-refractivity contribution in [2.45, 2.75) is 90.9 Å². The molecule has 0 saturated carbocycles. The minimum absolute atomic E-state index is 1.22. The van der Waals surface area contributed by atoms with Crippen LogP contribution in [0.2, 0.25) is 0 Å². The summed E-state index contributed by atoms with van der Waals surface area (Å²) in [5, 5.41) is 0. The Morgan fingerprint density at radius 2 is 0.944 bits per heavy atom. The van der Waals surface area contributed by atoms with Gasteiger partial charge in [-0.15, -0.1) is 0 Å². The monoisotopic (exact) mass is 250 g/mol. The van der Waals surface area contributed by atoms with Gasteiger partial charge in [0.25, 0.3) is 0 Å². The second-order valence-corrected chi connectivity index (χ2v) is 5.22. The molecule has 0 heterocycles. The van der Waals surface area contributed by atoms with E-state index in [4.69, 9.17) is 0 Å². The highest BCUT2D eigenvalue weighted by Crippen LogP contribution is 2.08. The van der Waals surface area contributed by atoms with Crippen molar-refractivity contribution in [3.8, 4) is 0 Å². The molecule has 0 aliphatic carbocycles. The van der Waals surface area contributed by atoms with E-state index in [0.717, 1.165) is 0 Å². The fourth-order valence-corrected chi connectivity index (χ4v) is 2.05. The quantitative estimate of drug-likeness (QED) is 0.248. The van der Waals surface area contributed by atoms with Crippen LogP contribution in [0.4, 0.5) is 0 Å². The van der Waals surface area contributed by atoms with Gasteiger partial charge in [-0.2, -0.15) is 0 Å². The fourth-order valence-electron chi connectivity index (χ4n) is 2.05. The SMILES string of the molecule is CCCC=CCCC=CCCCCCCCCC. The average molecular weight is 250 g/mol. The summed E-state index contributed by atoms with van der Waals surface area (Å²) < 4.78 is 0. The van der Waals surface area contributed by atoms with Gasteiger partial charge in [0.05, 0.1) is 0 Å². The molecule has 0 N–H and O–H groups in total. The normalized spacial score (nSPS) is 11.9. The third-order valence-electron chi connectivity index (χ3n) is 3.26. The first kappa shape index (κ1) is 17.5. The lowest BCUT2D eigenvalue weighted by molar-refractivity contribution is 0.592. The predicted octanol–water partition coefficient (Wildman–Crippen LogP) is 6.82. The molecule has 0 atom stereocenters. The number of allylic oxidation sites excluding steroid dienone is 4. The minimum atomic E-state index is 1.22. The van der Waals surface area contributed by atoms with Crippen molar-refractivity contribution in [2.75, 3.05) is 0 Å². The lowest BCUT2D eigenvalue weighted by Crippen LogP contribution is -1.78. The molecule has 0 aliphatic rings. The summed E-state index contributed by atoms with van der Waals surface area (Å²) in [6.45, 7) is 4.51. The Morgan fingerprint density at radius 3 is 1.56 bits per heavy atom. The van der Waals surface area contributed by atoms with E-state index in [-0.39, 0.29) is 0 Å². The van der Waals surface area contributed by atoms with Gasteiger partial charge in [0.15, 0.2) is 0 Å². The number of hydrogen-bond acceptors (Lipinski definition) is 0. The van der Waals surface area contributed by atoms with Crippen LogP contribution < -0.4 is 0 Å². The summed E-state index contributed by atoms with van der Waals surface area (Å²) in [6, 6.07) is 0. The van der Waals surface area contributed by atoms with Gasteiger partial charge in [-0.05, 0) is 32.1 Å². The van der Waals surface area contributed by atoms with Crippen molar-refractivity contribution in [2.24, 2.45) is 0 Å². The van der Waals surface area contributed by atoms with E-state index in [0.29, 0.717) is 0 Å². The fraction of sp³-hybridized carbons (Fsp3) is 0.778. The molecule has 0 nitrogen and oxygen atoms in total. The molecule has 18 heavy (non-hydrogen) atoms. The Kier molecular flexibility index (Phi) is 16.0. The van der Waals surface area contributed by atoms with Gasteiger partial charge < -0.3 is 0 Å². The van der Waals surface area contributed by atoms with Crippen LogP contribution in [0, 0.1) is 0 Å². The second-order valence-electron chi connectivity index (χ2n) is 5.22. The predicted molar refractivity (Wildman–Crippen MR) is 85.0 cm³/mol. The zero-order chi connectivity index (χ0) is 13.3. The van der Waals surface area contributed by atoms with E-state index in [1.807, 2.05) is 0 Å². The van der Waals surface area contributed by atoms with Crippen LogP contribution in [0.3, 0.4) is 0 Å². The Bertz CT molecular complexity index is 188. The maximum atomic E-state index is 2.37. The molecule has 0 aromatic rings. The molecule has 0 aliphatic heterocycles. The van der Waals surface area contributed by atoms with Gasteiger partial charge in [0, 0.05) is 0 Å². The number of hydrogen-bond donors (Lipinski definition) is 0. The minimum Gasteiger partial charge on any atom is -0.0885 e. The van der Waals surface area contributed by atoms with Gasteiger partial charge in [0.1, 0.15) is 0 Å². The highest BCUT2D eigenvalue weighted by atomic mass is 14.0. The molecule has 106 valence electrons. The van der Waals surface area contributed by atoms with E-state index in [9.17, 15) is 0 Å². The zero-order valence-corrected chi connectivity index (χ0v) is 12.8. The average Bonchev–Trinajstić information content (AvgIpc) is 2.39. The Hall–Kier alpha value is -0.520. The standard InChI is InChI=1S/C18H34/c1-3-5-7-9-11-13-15-17-18-16-14-12-10-8-6-4-2/h7,9,15,17H,3-6,8,10-14,16,18H2,1-2H3. The molecule has 0 saturated heterocycles. The zero-order valence-electron chi connectivity index (χ0n) is 12.8. The van der Waals surface area contributed by atoms with Crippen LogP contribution in [0.5, 0.6) is 0 Å². The summed E-state index contributed by atoms with van der Waals surface area (Å²) in [7, 11) is 0. The summed E-state index contributed by atoms with van der Waals surface area (Å²) in [5.74, 6) is 0. The molecule has 0 heteroatoms. The highest BCUT2D eigenvalue weighted by Gasteiger charge is 1.89. The van der Waals surface area contributed by atoms with E-state index in [1.54, 1.807) is 0 Å². The van der Waals surface area contributed by atoms with E-state index in [1.165, 1.54) is 77.0 Å². The third kappa shape index (κ3) is 15.5. The van der Waals surface area contributed by atoms with Crippen LogP contribution in [0.25, 0.3) is 0 Å². The molecule has 0 fully saturated rings. The highest BCUT2D eigenvalue weighted by molar-refractivity contribution is 4.87. The van der Waals surface area contributed by atoms with Crippen molar-refractivity contribution in [1.29, 1.82) is 0 Å². The van der Waals surface area contributed by atoms with E-state index < -0.39 is 0 Å². The molecule has 0 spiro atoms. The van der Waals surface area contributed by atoms with Crippen LogP contribution in [-0.2, 0) is 0 Å². The van der Waals surface area contributed by atoms with Crippen molar-refractivity contribution in [1.82, 2.24) is 0 Å². The van der Waals surface area contributed by atoms with E-state index >= 15 is 0 Å². The first-order valence-electron chi connectivity index (χ1n) is 8.21. The first-order valence-corrected chi connectivity index (χ1v) is 8.21. The topological polar surface area (TPSA) is 0 Å². The summed E-state index contributed by atoms with van der Waals surface area (Å²) in [5.41, 5.74) is 0. The molecule has 0 radical (unpaired) electrons.